The fraction of sp³-hybridized carbons (Fsp3) is 0.182. The Morgan fingerprint density at radius 2 is 2.31 bits per heavy atom. The minimum Gasteiger partial charge on any atom is -0.469 e. The molecule has 0 spiro atoms. The van der Waals surface area contributed by atoms with E-state index in [2.05, 4.69) is 9.72 Å². The zero-order valence-corrected chi connectivity index (χ0v) is 8.60. The van der Waals surface area contributed by atoms with Crippen LogP contribution < -0.4 is 5.76 Å². The summed E-state index contributed by atoms with van der Waals surface area (Å²) in [7, 11) is 1.31. The summed E-state index contributed by atoms with van der Waals surface area (Å²) in [4.78, 5) is 25.7. The summed E-state index contributed by atoms with van der Waals surface area (Å²) >= 11 is 0. The van der Waals surface area contributed by atoms with Crippen LogP contribution in [0.4, 0.5) is 0 Å². The number of carbonyl (C=O) groups is 1. The first-order valence-electron chi connectivity index (χ1n) is 4.65. The Kier molecular flexibility index (Phi) is 2.68. The van der Waals surface area contributed by atoms with Gasteiger partial charge in [0.1, 0.15) is 5.58 Å². The number of aromatic nitrogens is 1. The number of methoxy groups -OCH3 is 1. The predicted molar refractivity (Wildman–Crippen MR) is 56.0 cm³/mol. The van der Waals surface area contributed by atoms with E-state index in [1.165, 1.54) is 13.3 Å². The summed E-state index contributed by atoms with van der Waals surface area (Å²) in [6.45, 7) is 0. The Bertz CT molecular complexity index is 588. The van der Waals surface area contributed by atoms with Crippen molar-refractivity contribution in [3.8, 4) is 0 Å². The Morgan fingerprint density at radius 1 is 1.50 bits per heavy atom. The summed E-state index contributed by atoms with van der Waals surface area (Å²) in [5, 5.41) is 0.681. The van der Waals surface area contributed by atoms with Crippen LogP contribution in [-0.4, -0.2) is 18.1 Å². The van der Waals surface area contributed by atoms with Crippen molar-refractivity contribution in [1.29, 1.82) is 0 Å². The van der Waals surface area contributed by atoms with E-state index in [9.17, 15) is 9.59 Å². The van der Waals surface area contributed by atoms with E-state index in [4.69, 9.17) is 4.42 Å². The van der Waals surface area contributed by atoms with Gasteiger partial charge in [-0.15, -0.1) is 0 Å². The third-order valence-corrected chi connectivity index (χ3v) is 2.19. The molecule has 5 nitrogen and oxygen atoms in total. The number of ether oxygens (including phenoxy) is 1. The topological polar surface area (TPSA) is 69.4 Å². The number of rotatable bonds is 2. The van der Waals surface area contributed by atoms with Gasteiger partial charge in [0.05, 0.1) is 13.5 Å². The number of fused-ring (bicyclic) bond motifs is 1. The lowest BCUT2D eigenvalue weighted by atomic mass is 10.1. The van der Waals surface area contributed by atoms with Crippen molar-refractivity contribution in [2.24, 2.45) is 0 Å². The second-order valence-electron chi connectivity index (χ2n) is 3.21. The normalized spacial score (nSPS) is 10.3. The molecule has 1 heterocycles. The highest BCUT2D eigenvalue weighted by Crippen LogP contribution is 2.16. The van der Waals surface area contributed by atoms with Crippen molar-refractivity contribution >= 4 is 16.9 Å². The largest absolute Gasteiger partial charge is 0.469 e. The Hall–Kier alpha value is -2.17. The van der Waals surface area contributed by atoms with Gasteiger partial charge in [0.2, 0.25) is 0 Å². The molecule has 0 N–H and O–H groups in total. The number of benzene rings is 1. The van der Waals surface area contributed by atoms with Crippen LogP contribution >= 0.6 is 0 Å². The molecule has 0 aliphatic rings. The molecule has 0 unspecified atom stereocenters. The summed E-state index contributed by atoms with van der Waals surface area (Å²) in [5.74, 6) is -1.06. The molecule has 5 heteroatoms. The minimum absolute atomic E-state index is 0.0702. The predicted octanol–water partition coefficient (Wildman–Crippen LogP) is 0.903. The Labute approximate surface area is 90.7 Å². The molecule has 2 aromatic rings. The fourth-order valence-electron chi connectivity index (χ4n) is 1.43. The second kappa shape index (κ2) is 4.14. The lowest BCUT2D eigenvalue weighted by Crippen LogP contribution is -2.07. The summed E-state index contributed by atoms with van der Waals surface area (Å²) < 4.78 is 9.52. The molecular formula is C11H9NO4. The van der Waals surface area contributed by atoms with Crippen molar-refractivity contribution in [1.82, 2.24) is 4.98 Å². The Balaban J connectivity index is 2.56. The number of hydrogen-bond donors (Lipinski definition) is 0. The summed E-state index contributed by atoms with van der Waals surface area (Å²) in [6.07, 6.45) is 1.49. The van der Waals surface area contributed by atoms with Gasteiger partial charge < -0.3 is 9.15 Å². The van der Waals surface area contributed by atoms with E-state index in [0.717, 1.165) is 0 Å². The van der Waals surface area contributed by atoms with Gasteiger partial charge in [0, 0.05) is 17.1 Å². The maximum absolute atomic E-state index is 11.2. The van der Waals surface area contributed by atoms with Crippen LogP contribution in [-0.2, 0) is 16.0 Å². The van der Waals surface area contributed by atoms with E-state index in [0.29, 0.717) is 16.5 Å². The molecule has 0 saturated carbocycles. The second-order valence-corrected chi connectivity index (χ2v) is 3.21. The highest BCUT2D eigenvalue weighted by Gasteiger charge is 2.09. The van der Waals surface area contributed by atoms with Crippen molar-refractivity contribution in [2.75, 3.05) is 7.11 Å². The number of nitrogens with zero attached hydrogens (tertiary/aromatic N) is 1. The van der Waals surface area contributed by atoms with E-state index in [1.807, 2.05) is 0 Å². The fourth-order valence-corrected chi connectivity index (χ4v) is 1.43. The van der Waals surface area contributed by atoms with Crippen LogP contribution in [0, 0.1) is 0 Å². The van der Waals surface area contributed by atoms with Gasteiger partial charge in [-0.05, 0) is 6.07 Å². The van der Waals surface area contributed by atoms with Crippen LogP contribution in [0.15, 0.2) is 33.6 Å². The molecule has 0 fully saturated rings. The Morgan fingerprint density at radius 3 is 3.06 bits per heavy atom. The van der Waals surface area contributed by atoms with Crippen LogP contribution in [0.2, 0.25) is 0 Å². The molecule has 0 aliphatic carbocycles. The van der Waals surface area contributed by atoms with E-state index in [1.54, 1.807) is 18.2 Å². The molecule has 82 valence electrons. The van der Waals surface area contributed by atoms with E-state index >= 15 is 0 Å². The maximum Gasteiger partial charge on any atom is 0.439 e. The number of carbonyl (C=O) groups excluding carboxylic acids is 1. The molecular weight excluding hydrogens is 210 g/mol. The standard InChI is InChI=1S/C11H9NO4/c1-15-9(13)5-7-3-2-4-8-6-12-11(14)16-10(7)8/h2-4,6H,5H2,1H3. The van der Waals surface area contributed by atoms with Crippen molar-refractivity contribution in [3.05, 3.63) is 40.5 Å². The highest BCUT2D eigenvalue weighted by molar-refractivity contribution is 5.83. The molecule has 1 aromatic heterocycles. The summed E-state index contributed by atoms with van der Waals surface area (Å²) in [5.41, 5.74) is 0.997. The third-order valence-electron chi connectivity index (χ3n) is 2.19. The van der Waals surface area contributed by atoms with Gasteiger partial charge in [-0.25, -0.2) is 4.79 Å². The average Bonchev–Trinajstić information content (AvgIpc) is 2.29. The van der Waals surface area contributed by atoms with Gasteiger partial charge in [-0.3, -0.25) is 4.79 Å². The smallest absolute Gasteiger partial charge is 0.439 e. The zero-order chi connectivity index (χ0) is 11.5. The van der Waals surface area contributed by atoms with Gasteiger partial charge in [0.15, 0.2) is 0 Å². The molecule has 1 aromatic carbocycles. The first kappa shape index (κ1) is 10.4. The SMILES string of the molecule is COC(=O)Cc1cccc2cnc(=O)oc12. The molecule has 0 bridgehead atoms. The molecule has 0 atom stereocenters. The lowest BCUT2D eigenvalue weighted by molar-refractivity contribution is -0.139. The maximum atomic E-state index is 11.2. The van der Waals surface area contributed by atoms with Crippen LogP contribution in [0.5, 0.6) is 0 Å². The number of esters is 1. The molecule has 0 radical (unpaired) electrons. The molecule has 0 saturated heterocycles. The number of hydrogen-bond acceptors (Lipinski definition) is 5. The molecule has 0 amide bonds. The van der Waals surface area contributed by atoms with Gasteiger partial charge in [0.25, 0.3) is 0 Å². The third kappa shape index (κ3) is 1.93. The van der Waals surface area contributed by atoms with Gasteiger partial charge in [-0.2, -0.15) is 4.98 Å². The summed E-state index contributed by atoms with van der Waals surface area (Å²) in [6, 6.07) is 5.23. The molecule has 16 heavy (non-hydrogen) atoms. The zero-order valence-electron chi connectivity index (χ0n) is 8.60. The monoisotopic (exact) mass is 219 g/mol. The van der Waals surface area contributed by atoms with Crippen LogP contribution in [0.3, 0.4) is 0 Å². The molecule has 0 aliphatic heterocycles. The lowest BCUT2D eigenvalue weighted by Gasteiger charge is -2.02. The van der Waals surface area contributed by atoms with Gasteiger partial charge >= 0.3 is 11.7 Å². The number of para-hydroxylation sites is 1. The highest BCUT2D eigenvalue weighted by atomic mass is 16.5. The van der Waals surface area contributed by atoms with Gasteiger partial charge in [-0.1, -0.05) is 12.1 Å². The van der Waals surface area contributed by atoms with Crippen molar-refractivity contribution in [2.45, 2.75) is 6.42 Å². The van der Waals surface area contributed by atoms with E-state index < -0.39 is 5.76 Å². The quantitative estimate of drug-likeness (QED) is 0.702. The van der Waals surface area contributed by atoms with Crippen LogP contribution in [0.25, 0.3) is 11.0 Å². The van der Waals surface area contributed by atoms with Crippen molar-refractivity contribution in [3.63, 3.8) is 0 Å². The first-order valence-corrected chi connectivity index (χ1v) is 4.65. The first-order chi connectivity index (χ1) is 7.70. The van der Waals surface area contributed by atoms with Crippen molar-refractivity contribution < 1.29 is 13.9 Å². The van der Waals surface area contributed by atoms with E-state index in [-0.39, 0.29) is 12.4 Å². The molecule has 2 rings (SSSR count). The minimum atomic E-state index is -0.676. The average molecular weight is 219 g/mol. The van der Waals surface area contributed by atoms with Crippen LogP contribution in [0.1, 0.15) is 5.56 Å².